The zero-order chi connectivity index (χ0) is 33.6. The monoisotopic (exact) mass is 658 g/mol. The first-order valence-electron chi connectivity index (χ1n) is 14.6. The number of rotatable bonds is 28. The molecule has 1 aromatic rings. The third kappa shape index (κ3) is 14.7. The zero-order valence-corrected chi connectivity index (χ0v) is 25.5. The number of carbonyl (C=O) groups is 5. The fourth-order valence-electron chi connectivity index (χ4n) is 4.09. The van der Waals surface area contributed by atoms with Crippen molar-refractivity contribution in [2.45, 2.75) is 24.8 Å². The number of fused-ring (bicyclic) bond motifs is 1. The molecule has 0 spiro atoms. The molecule has 1 aliphatic heterocycles. The Balaban J connectivity index is 1.52. The second kappa shape index (κ2) is 22.1. The van der Waals surface area contributed by atoms with Crippen molar-refractivity contribution in [3.63, 3.8) is 0 Å². The summed E-state index contributed by atoms with van der Waals surface area (Å²) in [6.45, 7) is 0.696. The van der Waals surface area contributed by atoms with Crippen LogP contribution in [0.5, 0.6) is 0 Å². The molecular formula is C29H42N2O15. The minimum Gasteiger partial charge on any atom is -0.481 e. The molecule has 2 rings (SSSR count). The molecule has 0 bridgehead atoms. The molecule has 0 saturated carbocycles. The van der Waals surface area contributed by atoms with Gasteiger partial charge in [0.25, 0.3) is 11.8 Å². The van der Waals surface area contributed by atoms with Crippen molar-refractivity contribution in [3.05, 3.63) is 35.4 Å². The molecule has 3 amide bonds. The van der Waals surface area contributed by atoms with Crippen molar-refractivity contribution in [2.24, 2.45) is 0 Å². The minimum atomic E-state index is -1.41. The summed E-state index contributed by atoms with van der Waals surface area (Å²) in [7, 11) is 0. The van der Waals surface area contributed by atoms with Crippen LogP contribution < -0.4 is 5.32 Å². The average molecular weight is 659 g/mol. The summed E-state index contributed by atoms with van der Waals surface area (Å²) < 4.78 is 32.3. The number of imide groups is 1. The summed E-state index contributed by atoms with van der Waals surface area (Å²) in [6, 6.07) is 6.68. The molecule has 0 saturated heterocycles. The highest BCUT2D eigenvalue weighted by Gasteiger charge is 2.35. The first kappa shape index (κ1) is 38.6. The summed E-state index contributed by atoms with van der Waals surface area (Å²) in [5.41, 5.74) is -0.610. The number of carboxylic acids is 2. The van der Waals surface area contributed by atoms with Crippen molar-refractivity contribution in [2.75, 3.05) is 92.4 Å². The summed E-state index contributed by atoms with van der Waals surface area (Å²) in [6.07, 6.45) is -0.652. The summed E-state index contributed by atoms with van der Waals surface area (Å²) in [5.74, 6) is -3.31. The van der Waals surface area contributed by atoms with Gasteiger partial charge in [0.2, 0.25) is 5.91 Å². The van der Waals surface area contributed by atoms with Gasteiger partial charge in [0.1, 0.15) is 12.1 Å². The van der Waals surface area contributed by atoms with Crippen LogP contribution >= 0.6 is 0 Å². The highest BCUT2D eigenvalue weighted by atomic mass is 17.1. The van der Waals surface area contributed by atoms with E-state index in [4.69, 9.17) is 43.9 Å². The van der Waals surface area contributed by atoms with Crippen molar-refractivity contribution in [1.82, 2.24) is 10.2 Å². The molecule has 17 nitrogen and oxygen atoms in total. The summed E-state index contributed by atoms with van der Waals surface area (Å²) in [5, 5.41) is 29.3. The Kier molecular flexibility index (Phi) is 18.5. The maximum Gasteiger partial charge on any atom is 0.305 e. The number of hydrogen-bond acceptors (Lipinski definition) is 13. The Morgan fingerprint density at radius 2 is 1.07 bits per heavy atom. The molecule has 4 N–H and O–H groups in total. The molecule has 1 aromatic carbocycles. The fraction of sp³-hybridized carbons (Fsp3) is 0.621. The van der Waals surface area contributed by atoms with E-state index in [0.29, 0.717) is 30.9 Å². The Labute approximate surface area is 265 Å². The Morgan fingerprint density at radius 1 is 0.630 bits per heavy atom. The van der Waals surface area contributed by atoms with Crippen molar-refractivity contribution in [1.29, 1.82) is 0 Å². The second-order valence-electron chi connectivity index (χ2n) is 10.0. The van der Waals surface area contributed by atoms with E-state index in [2.05, 4.69) is 10.2 Å². The average Bonchev–Trinajstić information content (AvgIpc) is 3.26. The highest BCUT2D eigenvalue weighted by Crippen LogP contribution is 2.21. The molecule has 17 heteroatoms. The lowest BCUT2D eigenvalue weighted by Crippen LogP contribution is -2.58. The van der Waals surface area contributed by atoms with Gasteiger partial charge in [-0.1, -0.05) is 12.1 Å². The van der Waals surface area contributed by atoms with Crippen molar-refractivity contribution >= 4 is 29.7 Å². The summed E-state index contributed by atoms with van der Waals surface area (Å²) >= 11 is 0. The van der Waals surface area contributed by atoms with Crippen LogP contribution in [0.1, 0.15) is 40.0 Å². The third-order valence-corrected chi connectivity index (χ3v) is 6.35. The number of benzene rings is 1. The van der Waals surface area contributed by atoms with Crippen LogP contribution in [0, 0.1) is 0 Å². The fourth-order valence-corrected chi connectivity index (χ4v) is 4.09. The number of aliphatic carboxylic acids is 2. The van der Waals surface area contributed by atoms with Gasteiger partial charge in [-0.3, -0.25) is 34.1 Å². The van der Waals surface area contributed by atoms with Gasteiger partial charge in [0, 0.05) is 6.42 Å². The number of hydrogen-bond donors (Lipinski definition) is 4. The quantitative estimate of drug-likeness (QED) is 0.0404. The number of ether oxygens (including phenoxy) is 6. The van der Waals surface area contributed by atoms with E-state index in [9.17, 15) is 24.0 Å². The third-order valence-electron chi connectivity index (χ3n) is 6.35. The lowest BCUT2D eigenvalue weighted by Gasteiger charge is -2.33. The standard InChI is InChI=1S/C29H42N2O15/c32-24(30-29(21-46-39,19-44-10-6-25(33)34)20-45-11-7-26(35)36)5-9-40-13-15-42-17-18-43-16-14-41-12-8-31-27(37)22-3-1-2-4-23(22)28(31)38/h1-4,39H,5-21H2,(H,30,32)(H,33,34)(H,35,36). The first-order chi connectivity index (χ1) is 22.2. The van der Waals surface area contributed by atoms with E-state index in [-0.39, 0.29) is 97.1 Å². The topological polar surface area (TPSA) is 226 Å². The van der Waals surface area contributed by atoms with Gasteiger partial charge in [-0.25, -0.2) is 4.89 Å². The SMILES string of the molecule is O=C(O)CCOCC(COO)(COCCC(=O)O)NC(=O)CCOCCOCCOCCOCCN1C(=O)c2ccccc2C1=O. The van der Waals surface area contributed by atoms with Gasteiger partial charge in [-0.05, 0) is 12.1 Å². The Hall–Kier alpha value is -3.55. The van der Waals surface area contributed by atoms with E-state index >= 15 is 0 Å². The maximum atomic E-state index is 12.5. The molecule has 0 aromatic heterocycles. The van der Waals surface area contributed by atoms with E-state index in [1.54, 1.807) is 24.3 Å². The minimum absolute atomic E-state index is 0.0412. The lowest BCUT2D eigenvalue weighted by molar-refractivity contribution is -0.261. The maximum absolute atomic E-state index is 12.5. The van der Waals surface area contributed by atoms with Gasteiger partial charge in [0.05, 0.1) is 110 Å². The predicted octanol–water partition coefficient (Wildman–Crippen LogP) is 0.0663. The Morgan fingerprint density at radius 3 is 1.52 bits per heavy atom. The van der Waals surface area contributed by atoms with Crippen LogP contribution in [0.25, 0.3) is 0 Å². The number of nitrogens with one attached hydrogen (secondary N) is 1. The normalized spacial score (nSPS) is 12.8. The van der Waals surface area contributed by atoms with Gasteiger partial charge in [-0.15, -0.1) is 0 Å². The smallest absolute Gasteiger partial charge is 0.305 e. The van der Waals surface area contributed by atoms with Crippen LogP contribution in [0.3, 0.4) is 0 Å². The van der Waals surface area contributed by atoms with Gasteiger partial charge in [0.15, 0.2) is 0 Å². The molecule has 0 radical (unpaired) electrons. The van der Waals surface area contributed by atoms with Crippen molar-refractivity contribution < 1.29 is 72.8 Å². The largest absolute Gasteiger partial charge is 0.481 e. The van der Waals surface area contributed by atoms with E-state index in [0.717, 1.165) is 4.90 Å². The van der Waals surface area contributed by atoms with Gasteiger partial charge >= 0.3 is 11.9 Å². The van der Waals surface area contributed by atoms with E-state index in [1.165, 1.54) is 0 Å². The molecular weight excluding hydrogens is 616 g/mol. The van der Waals surface area contributed by atoms with Gasteiger partial charge in [-0.2, -0.15) is 0 Å². The van der Waals surface area contributed by atoms with E-state index in [1.807, 2.05) is 0 Å². The number of carboxylic acid groups (broad SMARTS) is 2. The van der Waals surface area contributed by atoms with E-state index < -0.39 is 30.0 Å². The molecule has 0 fully saturated rings. The number of carbonyl (C=O) groups excluding carboxylic acids is 3. The van der Waals surface area contributed by atoms with Gasteiger partial charge < -0.3 is 44.0 Å². The lowest BCUT2D eigenvalue weighted by atomic mass is 10.0. The Bertz CT molecular complexity index is 1060. The molecule has 1 heterocycles. The summed E-state index contributed by atoms with van der Waals surface area (Å²) in [4.78, 5) is 64.0. The number of amides is 3. The predicted molar refractivity (Wildman–Crippen MR) is 155 cm³/mol. The van der Waals surface area contributed by atoms with Crippen LogP contribution in [0.4, 0.5) is 0 Å². The van der Waals surface area contributed by atoms with Crippen molar-refractivity contribution in [3.8, 4) is 0 Å². The molecule has 0 atom stereocenters. The molecule has 258 valence electrons. The molecule has 0 unspecified atom stereocenters. The van der Waals surface area contributed by atoms with Crippen LogP contribution in [0.2, 0.25) is 0 Å². The zero-order valence-electron chi connectivity index (χ0n) is 25.5. The second-order valence-corrected chi connectivity index (χ2v) is 10.0. The molecule has 46 heavy (non-hydrogen) atoms. The molecule has 0 aliphatic carbocycles. The number of nitrogens with zero attached hydrogens (tertiary/aromatic N) is 1. The molecule has 1 aliphatic rings. The van der Waals surface area contributed by atoms with Crippen LogP contribution in [-0.4, -0.2) is 148 Å². The highest BCUT2D eigenvalue weighted by molar-refractivity contribution is 6.21. The first-order valence-corrected chi connectivity index (χ1v) is 14.6. The van der Waals surface area contributed by atoms with Crippen LogP contribution in [0.15, 0.2) is 24.3 Å². The van der Waals surface area contributed by atoms with Crippen LogP contribution in [-0.2, 0) is 47.7 Å².